The third-order valence-corrected chi connectivity index (χ3v) is 5.07. The lowest BCUT2D eigenvalue weighted by molar-refractivity contribution is 0.0696. The molecule has 0 aliphatic carbocycles. The summed E-state index contributed by atoms with van der Waals surface area (Å²) < 4.78 is 8.66. The zero-order chi connectivity index (χ0) is 22.0. The fraction of sp³-hybridized carbons (Fsp3) is 0.174. The van der Waals surface area contributed by atoms with Gasteiger partial charge in [-0.3, -0.25) is 9.13 Å². The summed E-state index contributed by atoms with van der Waals surface area (Å²) in [5.41, 5.74) is 2.50. The molecular weight excluding hydrogens is 418 g/mol. The van der Waals surface area contributed by atoms with Crippen molar-refractivity contribution in [2.75, 3.05) is 6.61 Å². The van der Waals surface area contributed by atoms with Gasteiger partial charge in [-0.15, -0.1) is 0 Å². The summed E-state index contributed by atoms with van der Waals surface area (Å²) in [6.45, 7) is 2.80. The minimum Gasteiger partial charge on any atom is -0.478 e. The first kappa shape index (κ1) is 20.7. The van der Waals surface area contributed by atoms with Crippen molar-refractivity contribution in [3.05, 3.63) is 87.4 Å². The number of hydrogen-bond acceptors (Lipinski definition) is 4. The van der Waals surface area contributed by atoms with Gasteiger partial charge in [0.2, 0.25) is 5.88 Å². The molecule has 0 spiro atoms. The molecule has 2 aromatic carbocycles. The van der Waals surface area contributed by atoms with Crippen LogP contribution < -0.4 is 10.4 Å². The smallest absolute Gasteiger partial charge is 0.335 e. The van der Waals surface area contributed by atoms with E-state index in [1.807, 2.05) is 6.92 Å². The van der Waals surface area contributed by atoms with E-state index in [2.05, 4.69) is 4.98 Å². The Balaban J connectivity index is 1.81. The molecule has 0 aliphatic rings. The van der Waals surface area contributed by atoms with Gasteiger partial charge in [-0.25, -0.2) is 14.6 Å². The second-order valence-corrected chi connectivity index (χ2v) is 7.48. The third-order valence-electron chi connectivity index (χ3n) is 4.84. The van der Waals surface area contributed by atoms with Crippen LogP contribution in [0.1, 0.15) is 29.3 Å². The van der Waals surface area contributed by atoms with Crippen molar-refractivity contribution in [2.45, 2.75) is 19.9 Å². The molecule has 0 saturated carbocycles. The van der Waals surface area contributed by atoms with Gasteiger partial charge in [0.25, 0.3) is 0 Å². The Labute approximate surface area is 183 Å². The van der Waals surface area contributed by atoms with Gasteiger partial charge in [0, 0.05) is 11.1 Å². The van der Waals surface area contributed by atoms with Gasteiger partial charge < -0.3 is 9.84 Å². The standard InChI is InChI=1S/C23H20ClN3O4/c1-2-10-31-21-9-7-18(13-25-21)27-20-12-17(24)6-8-19(20)26(23(27)30)14-15-4-3-5-16(11-15)22(28)29/h3-9,11-13H,2,10,14H2,1H3,(H,28,29). The van der Waals surface area contributed by atoms with Crippen LogP contribution in [0, 0.1) is 0 Å². The molecule has 4 rings (SSSR count). The molecule has 2 aromatic heterocycles. The van der Waals surface area contributed by atoms with Crippen molar-refractivity contribution in [1.82, 2.24) is 14.1 Å². The number of hydrogen-bond donors (Lipinski definition) is 1. The van der Waals surface area contributed by atoms with E-state index in [1.165, 1.54) is 6.07 Å². The number of ether oxygens (including phenoxy) is 1. The number of fused-ring (bicyclic) bond motifs is 1. The Kier molecular flexibility index (Phi) is 5.77. The summed E-state index contributed by atoms with van der Waals surface area (Å²) >= 11 is 6.21. The molecule has 0 amide bonds. The van der Waals surface area contributed by atoms with Gasteiger partial charge in [0.15, 0.2) is 0 Å². The molecule has 0 unspecified atom stereocenters. The lowest BCUT2D eigenvalue weighted by Crippen LogP contribution is -2.24. The van der Waals surface area contributed by atoms with Gasteiger partial charge in [-0.05, 0) is 48.4 Å². The van der Waals surface area contributed by atoms with Crippen LogP contribution in [0.25, 0.3) is 16.7 Å². The molecule has 0 radical (unpaired) electrons. The number of halogens is 1. The van der Waals surface area contributed by atoms with Crippen molar-refractivity contribution in [3.63, 3.8) is 0 Å². The largest absolute Gasteiger partial charge is 0.478 e. The SMILES string of the molecule is CCCOc1ccc(-n2c(=O)n(Cc3cccc(C(=O)O)c3)c3ccc(Cl)cc32)cn1. The number of carbonyl (C=O) groups is 1. The van der Waals surface area contributed by atoms with Crippen molar-refractivity contribution in [1.29, 1.82) is 0 Å². The van der Waals surface area contributed by atoms with E-state index in [0.717, 1.165) is 6.42 Å². The number of imidazole rings is 1. The molecule has 0 atom stereocenters. The molecule has 4 aromatic rings. The number of rotatable bonds is 7. The number of nitrogens with zero attached hydrogens (tertiary/aromatic N) is 3. The minimum atomic E-state index is -1.01. The van der Waals surface area contributed by atoms with E-state index in [-0.39, 0.29) is 17.8 Å². The molecule has 0 fully saturated rings. The number of pyridine rings is 1. The van der Waals surface area contributed by atoms with Crippen LogP contribution in [-0.2, 0) is 6.54 Å². The number of carboxylic acid groups (broad SMARTS) is 1. The summed E-state index contributed by atoms with van der Waals surface area (Å²) in [6.07, 6.45) is 2.46. The Bertz CT molecular complexity index is 1310. The highest BCUT2D eigenvalue weighted by atomic mass is 35.5. The fourth-order valence-corrected chi connectivity index (χ4v) is 3.58. The van der Waals surface area contributed by atoms with E-state index in [4.69, 9.17) is 16.3 Å². The number of aromatic nitrogens is 3. The van der Waals surface area contributed by atoms with Crippen molar-refractivity contribution in [2.24, 2.45) is 0 Å². The maximum absolute atomic E-state index is 13.4. The second kappa shape index (κ2) is 8.65. The fourth-order valence-electron chi connectivity index (χ4n) is 3.42. The predicted molar refractivity (Wildman–Crippen MR) is 119 cm³/mol. The first-order valence-corrected chi connectivity index (χ1v) is 10.2. The van der Waals surface area contributed by atoms with Crippen molar-refractivity contribution >= 4 is 28.6 Å². The molecule has 1 N–H and O–H groups in total. The topological polar surface area (TPSA) is 86.3 Å². The van der Waals surface area contributed by atoms with E-state index < -0.39 is 5.97 Å². The molecule has 158 valence electrons. The maximum Gasteiger partial charge on any atom is 0.335 e. The molecule has 0 aliphatic heterocycles. The van der Waals surface area contributed by atoms with Crippen LogP contribution in [0.4, 0.5) is 0 Å². The number of benzene rings is 2. The zero-order valence-electron chi connectivity index (χ0n) is 16.8. The summed E-state index contributed by atoms with van der Waals surface area (Å²) in [5.74, 6) is -0.522. The van der Waals surface area contributed by atoms with Crippen molar-refractivity contribution in [3.8, 4) is 11.6 Å². The highest BCUT2D eigenvalue weighted by Gasteiger charge is 2.16. The van der Waals surface area contributed by atoms with Crippen molar-refractivity contribution < 1.29 is 14.6 Å². The normalized spacial score (nSPS) is 11.0. The van der Waals surface area contributed by atoms with Gasteiger partial charge in [-0.2, -0.15) is 0 Å². The number of carboxylic acids is 1. The average Bonchev–Trinajstić information content (AvgIpc) is 3.03. The molecule has 8 heteroatoms. The summed E-state index contributed by atoms with van der Waals surface area (Å²) in [7, 11) is 0. The predicted octanol–water partition coefficient (Wildman–Crippen LogP) is 4.38. The van der Waals surface area contributed by atoms with E-state index in [9.17, 15) is 14.7 Å². The average molecular weight is 438 g/mol. The molecular formula is C23H20ClN3O4. The number of aromatic carboxylic acids is 1. The first-order valence-electron chi connectivity index (χ1n) is 9.80. The third kappa shape index (κ3) is 4.18. The van der Waals surface area contributed by atoms with Gasteiger partial charge >= 0.3 is 11.7 Å². The monoisotopic (exact) mass is 437 g/mol. The summed E-state index contributed by atoms with van der Waals surface area (Å²) in [6, 6.07) is 15.3. The molecule has 7 nitrogen and oxygen atoms in total. The zero-order valence-corrected chi connectivity index (χ0v) is 17.5. The van der Waals surface area contributed by atoms with E-state index in [1.54, 1.807) is 63.9 Å². The molecule has 31 heavy (non-hydrogen) atoms. The lowest BCUT2D eigenvalue weighted by Gasteiger charge is -2.06. The molecule has 0 bridgehead atoms. The van der Waals surface area contributed by atoms with Crippen LogP contribution in [0.15, 0.2) is 65.6 Å². The van der Waals surface area contributed by atoms with Gasteiger partial charge in [-0.1, -0.05) is 30.7 Å². The highest BCUT2D eigenvalue weighted by molar-refractivity contribution is 6.31. The van der Waals surface area contributed by atoms with E-state index in [0.29, 0.717) is 39.8 Å². The Morgan fingerprint density at radius 2 is 1.97 bits per heavy atom. The van der Waals surface area contributed by atoms with Crippen LogP contribution in [0.5, 0.6) is 5.88 Å². The van der Waals surface area contributed by atoms with Crippen LogP contribution >= 0.6 is 11.6 Å². The van der Waals surface area contributed by atoms with Crippen LogP contribution in [0.2, 0.25) is 5.02 Å². The highest BCUT2D eigenvalue weighted by Crippen LogP contribution is 2.23. The van der Waals surface area contributed by atoms with Gasteiger partial charge in [0.05, 0.1) is 41.6 Å². The van der Waals surface area contributed by atoms with Crippen LogP contribution in [0.3, 0.4) is 0 Å². The summed E-state index contributed by atoms with van der Waals surface area (Å²) in [4.78, 5) is 29.0. The Morgan fingerprint density at radius 1 is 1.13 bits per heavy atom. The maximum atomic E-state index is 13.4. The molecule has 0 saturated heterocycles. The van der Waals surface area contributed by atoms with Crippen LogP contribution in [-0.4, -0.2) is 31.8 Å². The Morgan fingerprint density at radius 3 is 2.68 bits per heavy atom. The van der Waals surface area contributed by atoms with E-state index >= 15 is 0 Å². The quantitative estimate of drug-likeness (QED) is 0.463. The minimum absolute atomic E-state index is 0.171. The summed E-state index contributed by atoms with van der Waals surface area (Å²) in [5, 5.41) is 9.76. The second-order valence-electron chi connectivity index (χ2n) is 7.05. The Hall–Kier alpha value is -3.58. The lowest BCUT2D eigenvalue weighted by atomic mass is 10.1. The molecule has 2 heterocycles. The van der Waals surface area contributed by atoms with Gasteiger partial charge in [0.1, 0.15) is 0 Å². The first-order chi connectivity index (χ1) is 15.0.